The second kappa shape index (κ2) is 6.50. The maximum Gasteiger partial charge on any atom is 0.240 e. The van der Waals surface area contributed by atoms with Crippen molar-refractivity contribution in [2.75, 3.05) is 53.5 Å². The summed E-state index contributed by atoms with van der Waals surface area (Å²) in [4.78, 5) is 16.2. The van der Waals surface area contributed by atoms with Gasteiger partial charge in [0.2, 0.25) is 5.91 Å². The van der Waals surface area contributed by atoms with E-state index in [0.717, 1.165) is 52.2 Å². The summed E-state index contributed by atoms with van der Waals surface area (Å²) in [5.74, 6) is 0.906. The summed E-state index contributed by atoms with van der Waals surface area (Å²) in [6.07, 6.45) is 2.26. The fraction of sp³-hybridized carbons (Fsp3) is 0.923. The average Bonchev–Trinajstić information content (AvgIpc) is 2.39. The summed E-state index contributed by atoms with van der Waals surface area (Å²) in [6.45, 7) is 5.53. The van der Waals surface area contributed by atoms with Crippen LogP contribution in [-0.4, -0.2) is 75.2 Å². The lowest BCUT2D eigenvalue weighted by molar-refractivity contribution is -0.135. The molecule has 1 N–H and O–H groups in total. The fourth-order valence-corrected chi connectivity index (χ4v) is 2.77. The number of hydrogen-bond acceptors (Lipinski definition) is 4. The molecule has 0 spiro atoms. The number of amides is 1. The number of hydrogen-bond donors (Lipinski definition) is 1. The van der Waals surface area contributed by atoms with Gasteiger partial charge < -0.3 is 15.0 Å². The second-order valence-corrected chi connectivity index (χ2v) is 5.50. The van der Waals surface area contributed by atoms with Gasteiger partial charge in [-0.3, -0.25) is 9.69 Å². The van der Waals surface area contributed by atoms with Gasteiger partial charge in [-0.15, -0.1) is 0 Å². The molecular formula is C13H25N3O2. The van der Waals surface area contributed by atoms with Gasteiger partial charge in [0.25, 0.3) is 0 Å². The number of rotatable bonds is 3. The lowest BCUT2D eigenvalue weighted by Crippen LogP contribution is -2.58. The van der Waals surface area contributed by atoms with Crippen molar-refractivity contribution in [3.05, 3.63) is 0 Å². The van der Waals surface area contributed by atoms with Crippen molar-refractivity contribution in [1.29, 1.82) is 0 Å². The van der Waals surface area contributed by atoms with Crippen molar-refractivity contribution in [2.24, 2.45) is 5.92 Å². The van der Waals surface area contributed by atoms with Crippen molar-refractivity contribution in [2.45, 2.75) is 18.9 Å². The lowest BCUT2D eigenvalue weighted by Gasteiger charge is -2.39. The van der Waals surface area contributed by atoms with E-state index < -0.39 is 0 Å². The van der Waals surface area contributed by atoms with Crippen molar-refractivity contribution >= 4 is 5.91 Å². The molecule has 18 heavy (non-hydrogen) atoms. The van der Waals surface area contributed by atoms with Crippen molar-refractivity contribution in [1.82, 2.24) is 15.1 Å². The molecule has 0 aliphatic carbocycles. The normalized spacial score (nSPS) is 27.1. The Balaban J connectivity index is 1.92. The molecule has 0 radical (unpaired) electrons. The Kier molecular flexibility index (Phi) is 4.97. The highest BCUT2D eigenvalue weighted by molar-refractivity contribution is 5.81. The first kappa shape index (κ1) is 13.8. The lowest BCUT2D eigenvalue weighted by atomic mass is 9.98. The van der Waals surface area contributed by atoms with E-state index in [9.17, 15) is 4.79 Å². The Hall–Kier alpha value is -0.650. The number of carbonyl (C=O) groups excluding carboxylic acids is 1. The Morgan fingerprint density at radius 1 is 1.39 bits per heavy atom. The summed E-state index contributed by atoms with van der Waals surface area (Å²) in [5.41, 5.74) is 0. The molecule has 5 nitrogen and oxygen atoms in total. The third kappa shape index (κ3) is 3.43. The Labute approximate surface area is 109 Å². The first-order valence-corrected chi connectivity index (χ1v) is 6.92. The van der Waals surface area contributed by atoms with Crippen molar-refractivity contribution < 1.29 is 9.53 Å². The molecule has 5 heteroatoms. The molecule has 1 amide bonds. The zero-order valence-electron chi connectivity index (χ0n) is 11.5. The van der Waals surface area contributed by atoms with Crippen LogP contribution in [0.3, 0.4) is 0 Å². The minimum Gasteiger partial charge on any atom is -0.381 e. The molecule has 0 bridgehead atoms. The van der Waals surface area contributed by atoms with E-state index in [1.807, 2.05) is 14.1 Å². The van der Waals surface area contributed by atoms with Gasteiger partial charge in [-0.05, 0) is 18.8 Å². The van der Waals surface area contributed by atoms with E-state index in [0.29, 0.717) is 5.92 Å². The molecule has 104 valence electrons. The van der Waals surface area contributed by atoms with Gasteiger partial charge in [0, 0.05) is 53.5 Å². The van der Waals surface area contributed by atoms with Crippen LogP contribution in [-0.2, 0) is 9.53 Å². The summed E-state index contributed by atoms with van der Waals surface area (Å²) in [7, 11) is 3.67. The number of carbonyl (C=O) groups is 1. The zero-order chi connectivity index (χ0) is 13.0. The second-order valence-electron chi connectivity index (χ2n) is 5.50. The fourth-order valence-electron chi connectivity index (χ4n) is 2.77. The molecule has 2 fully saturated rings. The van der Waals surface area contributed by atoms with E-state index in [1.54, 1.807) is 4.90 Å². The minimum absolute atomic E-state index is 0.0107. The highest BCUT2D eigenvalue weighted by Gasteiger charge is 2.31. The van der Waals surface area contributed by atoms with Gasteiger partial charge in [-0.25, -0.2) is 0 Å². The minimum atomic E-state index is 0.0107. The molecule has 2 aliphatic rings. The number of nitrogens with one attached hydrogen (secondary N) is 1. The standard InChI is InChI=1S/C13H25N3O2/c1-15(2)13(17)12-9-14-5-6-16(12)10-11-3-7-18-8-4-11/h11-12,14H,3-10H2,1-2H3. The highest BCUT2D eigenvalue weighted by Crippen LogP contribution is 2.18. The maximum absolute atomic E-state index is 12.2. The number of ether oxygens (including phenoxy) is 1. The Morgan fingerprint density at radius 2 is 2.11 bits per heavy atom. The zero-order valence-corrected chi connectivity index (χ0v) is 11.5. The molecule has 2 saturated heterocycles. The third-order valence-corrected chi connectivity index (χ3v) is 3.91. The van der Waals surface area contributed by atoms with Crippen LogP contribution in [0.5, 0.6) is 0 Å². The smallest absolute Gasteiger partial charge is 0.240 e. The molecule has 2 aliphatic heterocycles. The monoisotopic (exact) mass is 255 g/mol. The largest absolute Gasteiger partial charge is 0.381 e. The van der Waals surface area contributed by atoms with Crippen LogP contribution < -0.4 is 5.32 Å². The van der Waals surface area contributed by atoms with Crippen LogP contribution in [0, 0.1) is 5.92 Å². The third-order valence-electron chi connectivity index (χ3n) is 3.91. The van der Waals surface area contributed by atoms with Crippen LogP contribution in [0.1, 0.15) is 12.8 Å². The van der Waals surface area contributed by atoms with Gasteiger partial charge in [-0.1, -0.05) is 0 Å². The summed E-state index contributed by atoms with van der Waals surface area (Å²) in [6, 6.07) is 0.0107. The molecular weight excluding hydrogens is 230 g/mol. The number of nitrogens with zero attached hydrogens (tertiary/aromatic N) is 2. The Bertz CT molecular complexity index is 277. The maximum atomic E-state index is 12.2. The molecule has 2 heterocycles. The predicted molar refractivity (Wildman–Crippen MR) is 70.5 cm³/mol. The highest BCUT2D eigenvalue weighted by atomic mass is 16.5. The van der Waals surface area contributed by atoms with Gasteiger partial charge in [0.15, 0.2) is 0 Å². The molecule has 1 atom stereocenters. The number of piperazine rings is 1. The van der Waals surface area contributed by atoms with Crippen molar-refractivity contribution in [3.8, 4) is 0 Å². The van der Waals surface area contributed by atoms with E-state index in [4.69, 9.17) is 4.74 Å². The topological polar surface area (TPSA) is 44.8 Å². The van der Waals surface area contributed by atoms with Crippen LogP contribution in [0.25, 0.3) is 0 Å². The van der Waals surface area contributed by atoms with Crippen molar-refractivity contribution in [3.63, 3.8) is 0 Å². The van der Waals surface area contributed by atoms with Gasteiger partial charge in [-0.2, -0.15) is 0 Å². The van der Waals surface area contributed by atoms with Crippen LogP contribution in [0.2, 0.25) is 0 Å². The quantitative estimate of drug-likeness (QED) is 0.757. The number of likely N-dealkylation sites (N-methyl/N-ethyl adjacent to an activating group) is 1. The molecule has 0 aromatic rings. The van der Waals surface area contributed by atoms with Crippen LogP contribution in [0.15, 0.2) is 0 Å². The van der Waals surface area contributed by atoms with Crippen LogP contribution in [0.4, 0.5) is 0 Å². The molecule has 0 saturated carbocycles. The SMILES string of the molecule is CN(C)C(=O)C1CNCCN1CC1CCOCC1. The van der Waals surface area contributed by atoms with E-state index in [1.165, 1.54) is 0 Å². The summed E-state index contributed by atoms with van der Waals surface area (Å²) >= 11 is 0. The molecule has 0 aromatic carbocycles. The van der Waals surface area contributed by atoms with Crippen LogP contribution >= 0.6 is 0 Å². The molecule has 1 unspecified atom stereocenters. The average molecular weight is 255 g/mol. The first-order chi connectivity index (χ1) is 8.68. The van der Waals surface area contributed by atoms with E-state index >= 15 is 0 Å². The molecule has 0 aromatic heterocycles. The first-order valence-electron chi connectivity index (χ1n) is 6.92. The summed E-state index contributed by atoms with van der Waals surface area (Å²) < 4.78 is 5.40. The van der Waals surface area contributed by atoms with Gasteiger partial charge in [0.05, 0.1) is 0 Å². The van der Waals surface area contributed by atoms with Gasteiger partial charge >= 0.3 is 0 Å². The Morgan fingerprint density at radius 3 is 2.78 bits per heavy atom. The molecule has 2 rings (SSSR count). The van der Waals surface area contributed by atoms with Gasteiger partial charge in [0.1, 0.15) is 6.04 Å². The predicted octanol–water partition coefficient (Wildman–Crippen LogP) is -0.225. The van der Waals surface area contributed by atoms with E-state index in [2.05, 4.69) is 10.2 Å². The summed E-state index contributed by atoms with van der Waals surface area (Å²) in [5, 5.41) is 3.32. The van der Waals surface area contributed by atoms with E-state index in [-0.39, 0.29) is 11.9 Å².